The van der Waals surface area contributed by atoms with Crippen LogP contribution in [0.15, 0.2) is 12.1 Å². The van der Waals surface area contributed by atoms with E-state index in [0.29, 0.717) is 0 Å². The number of Topliss-reactive ketones (excluding diaryl/α,β-unsaturated/α-hetero) is 1. The molecule has 19 heavy (non-hydrogen) atoms. The molecule has 0 spiro atoms. The second kappa shape index (κ2) is 5.34. The first kappa shape index (κ1) is 15.1. The van der Waals surface area contributed by atoms with Gasteiger partial charge in [0.25, 0.3) is 5.69 Å². The summed E-state index contributed by atoms with van der Waals surface area (Å²) in [6.45, 7) is 6.41. The molecule has 0 aliphatic rings. The van der Waals surface area contributed by atoms with E-state index in [2.05, 4.69) is 0 Å². The number of ketones is 1. The van der Waals surface area contributed by atoms with Crippen LogP contribution in [0.1, 0.15) is 26.3 Å². The summed E-state index contributed by atoms with van der Waals surface area (Å²) < 4.78 is 18.7. The van der Waals surface area contributed by atoms with E-state index >= 15 is 0 Å². The zero-order chi connectivity index (χ0) is 14.8. The lowest BCUT2D eigenvalue weighted by Gasteiger charge is -2.17. The molecule has 0 saturated heterocycles. The lowest BCUT2D eigenvalue weighted by molar-refractivity contribution is -0.385. The lowest BCUT2D eigenvalue weighted by Crippen LogP contribution is -2.26. The Morgan fingerprint density at radius 2 is 2.00 bits per heavy atom. The molecule has 0 unspecified atom stereocenters. The van der Waals surface area contributed by atoms with Crippen LogP contribution in [0.25, 0.3) is 0 Å². The predicted octanol–water partition coefficient (Wildman–Crippen LogP) is 3.04. The number of hydrogen-bond donors (Lipinski definition) is 0. The van der Waals surface area contributed by atoms with Crippen molar-refractivity contribution in [2.24, 2.45) is 5.41 Å². The Kier molecular flexibility index (Phi) is 4.24. The fraction of sp³-hybridized carbons (Fsp3) is 0.462. The van der Waals surface area contributed by atoms with Gasteiger partial charge in [0.1, 0.15) is 6.61 Å². The Balaban J connectivity index is 2.89. The number of nitro groups is 1. The maximum atomic E-state index is 13.6. The molecule has 0 radical (unpaired) electrons. The molecule has 0 amide bonds. The number of benzene rings is 1. The Morgan fingerprint density at radius 1 is 1.42 bits per heavy atom. The number of aryl methyl sites for hydroxylation is 1. The first-order valence-electron chi connectivity index (χ1n) is 5.73. The second-order valence-electron chi connectivity index (χ2n) is 5.29. The Morgan fingerprint density at radius 3 is 2.47 bits per heavy atom. The summed E-state index contributed by atoms with van der Waals surface area (Å²) >= 11 is 0. The zero-order valence-electron chi connectivity index (χ0n) is 11.3. The summed E-state index contributed by atoms with van der Waals surface area (Å²) in [5.41, 5.74) is -0.608. The first-order chi connectivity index (χ1) is 8.62. The van der Waals surface area contributed by atoms with Crippen molar-refractivity contribution in [3.8, 4) is 5.75 Å². The lowest BCUT2D eigenvalue weighted by atomic mass is 9.91. The molecule has 0 aliphatic carbocycles. The molecule has 1 aromatic carbocycles. The van der Waals surface area contributed by atoms with E-state index in [1.54, 1.807) is 20.8 Å². The molecule has 0 N–H and O–H groups in total. The minimum Gasteiger partial charge on any atom is -0.483 e. The molecule has 0 heterocycles. The monoisotopic (exact) mass is 269 g/mol. The standard InChI is InChI=1S/C13H16FNO4/c1-8-5-11(9(14)6-10(8)15(17)18)19-7-12(16)13(2,3)4/h5-6H,7H2,1-4H3. The Hall–Kier alpha value is -1.98. The predicted molar refractivity (Wildman–Crippen MR) is 67.7 cm³/mol. The summed E-state index contributed by atoms with van der Waals surface area (Å²) in [5, 5.41) is 10.6. The van der Waals surface area contributed by atoms with Crippen LogP contribution in [0, 0.1) is 28.3 Å². The minimum atomic E-state index is -0.848. The normalized spacial score (nSPS) is 11.2. The van der Waals surface area contributed by atoms with Crippen LogP contribution in [0.4, 0.5) is 10.1 Å². The summed E-state index contributed by atoms with van der Waals surface area (Å²) in [6.07, 6.45) is 0. The van der Waals surface area contributed by atoms with Gasteiger partial charge < -0.3 is 4.74 Å². The summed E-state index contributed by atoms with van der Waals surface area (Å²) in [7, 11) is 0. The van der Waals surface area contributed by atoms with Crippen molar-refractivity contribution in [1.82, 2.24) is 0 Å². The van der Waals surface area contributed by atoms with Crippen LogP contribution in [0.5, 0.6) is 5.75 Å². The molecule has 0 bridgehead atoms. The number of hydrogen-bond acceptors (Lipinski definition) is 4. The molecule has 1 aromatic rings. The molecular weight excluding hydrogens is 253 g/mol. The van der Waals surface area contributed by atoms with Gasteiger partial charge in [-0.25, -0.2) is 4.39 Å². The highest BCUT2D eigenvalue weighted by Gasteiger charge is 2.23. The fourth-order valence-corrected chi connectivity index (χ4v) is 1.31. The molecule has 104 valence electrons. The quantitative estimate of drug-likeness (QED) is 0.622. The van der Waals surface area contributed by atoms with Gasteiger partial charge in [-0.2, -0.15) is 0 Å². The van der Waals surface area contributed by atoms with Gasteiger partial charge in [-0.05, 0) is 13.0 Å². The van der Waals surface area contributed by atoms with E-state index < -0.39 is 16.2 Å². The molecule has 0 fully saturated rings. The number of halogens is 1. The Bertz CT molecular complexity index is 520. The van der Waals surface area contributed by atoms with Crippen LogP contribution >= 0.6 is 0 Å². The summed E-state index contributed by atoms with van der Waals surface area (Å²) in [6, 6.07) is 2.02. The SMILES string of the molecule is Cc1cc(OCC(=O)C(C)(C)C)c(F)cc1[N+](=O)[O-]. The molecule has 6 heteroatoms. The van der Waals surface area contributed by atoms with Gasteiger partial charge in [-0.3, -0.25) is 14.9 Å². The third-order valence-corrected chi connectivity index (χ3v) is 2.64. The first-order valence-corrected chi connectivity index (χ1v) is 5.73. The summed E-state index contributed by atoms with van der Waals surface area (Å²) in [5.74, 6) is -1.18. The van der Waals surface area contributed by atoms with Gasteiger partial charge in [0.05, 0.1) is 11.0 Å². The third kappa shape index (κ3) is 3.74. The molecule has 5 nitrogen and oxygen atoms in total. The average molecular weight is 269 g/mol. The van der Waals surface area contributed by atoms with E-state index in [1.807, 2.05) is 0 Å². The van der Waals surface area contributed by atoms with E-state index in [4.69, 9.17) is 4.74 Å². The maximum absolute atomic E-state index is 13.6. The van der Waals surface area contributed by atoms with Crippen molar-refractivity contribution in [3.05, 3.63) is 33.6 Å². The molecular formula is C13H16FNO4. The summed E-state index contributed by atoms with van der Waals surface area (Å²) in [4.78, 5) is 21.6. The fourth-order valence-electron chi connectivity index (χ4n) is 1.31. The highest BCUT2D eigenvalue weighted by Crippen LogP contribution is 2.27. The second-order valence-corrected chi connectivity index (χ2v) is 5.29. The number of carbonyl (C=O) groups is 1. The van der Waals surface area contributed by atoms with E-state index in [1.165, 1.54) is 13.0 Å². The molecule has 1 rings (SSSR count). The molecule has 0 atom stereocenters. The van der Waals surface area contributed by atoms with Gasteiger partial charge in [-0.15, -0.1) is 0 Å². The van der Waals surface area contributed by atoms with Gasteiger partial charge in [0, 0.05) is 11.0 Å². The van der Waals surface area contributed by atoms with E-state index in [-0.39, 0.29) is 29.4 Å². The average Bonchev–Trinajstić information content (AvgIpc) is 2.27. The van der Waals surface area contributed by atoms with Gasteiger partial charge in [0.15, 0.2) is 17.3 Å². The van der Waals surface area contributed by atoms with Crippen LogP contribution in [-0.4, -0.2) is 17.3 Å². The van der Waals surface area contributed by atoms with Crippen molar-refractivity contribution in [2.45, 2.75) is 27.7 Å². The van der Waals surface area contributed by atoms with Crippen LogP contribution in [0.3, 0.4) is 0 Å². The van der Waals surface area contributed by atoms with Crippen molar-refractivity contribution >= 4 is 11.5 Å². The van der Waals surface area contributed by atoms with E-state index in [0.717, 1.165) is 6.07 Å². The highest BCUT2D eigenvalue weighted by atomic mass is 19.1. The zero-order valence-corrected chi connectivity index (χ0v) is 11.3. The van der Waals surface area contributed by atoms with Crippen molar-refractivity contribution in [2.75, 3.05) is 6.61 Å². The van der Waals surface area contributed by atoms with Crippen LogP contribution < -0.4 is 4.74 Å². The molecule has 0 aliphatic heterocycles. The van der Waals surface area contributed by atoms with Crippen LogP contribution in [-0.2, 0) is 4.79 Å². The highest BCUT2D eigenvalue weighted by molar-refractivity contribution is 5.85. The van der Waals surface area contributed by atoms with Crippen molar-refractivity contribution in [3.63, 3.8) is 0 Å². The molecule has 0 saturated carbocycles. The number of nitrogens with zero attached hydrogens (tertiary/aromatic N) is 1. The smallest absolute Gasteiger partial charge is 0.275 e. The van der Waals surface area contributed by atoms with Gasteiger partial charge in [0.2, 0.25) is 0 Å². The Labute approximate surface area is 110 Å². The number of carbonyl (C=O) groups excluding carboxylic acids is 1. The van der Waals surface area contributed by atoms with Crippen molar-refractivity contribution < 1.29 is 18.8 Å². The van der Waals surface area contributed by atoms with Crippen LogP contribution in [0.2, 0.25) is 0 Å². The topological polar surface area (TPSA) is 69.4 Å². The van der Waals surface area contributed by atoms with Crippen molar-refractivity contribution in [1.29, 1.82) is 0 Å². The van der Waals surface area contributed by atoms with Gasteiger partial charge >= 0.3 is 0 Å². The van der Waals surface area contributed by atoms with Gasteiger partial charge in [-0.1, -0.05) is 20.8 Å². The maximum Gasteiger partial charge on any atom is 0.275 e. The van der Waals surface area contributed by atoms with E-state index in [9.17, 15) is 19.3 Å². The third-order valence-electron chi connectivity index (χ3n) is 2.64. The largest absolute Gasteiger partial charge is 0.483 e. The minimum absolute atomic E-state index is 0.152. The number of nitro benzene ring substituents is 1. The molecule has 0 aromatic heterocycles. The number of rotatable bonds is 4. The number of ether oxygens (including phenoxy) is 1.